The van der Waals surface area contributed by atoms with Crippen LogP contribution < -0.4 is 11.1 Å². The van der Waals surface area contributed by atoms with Crippen molar-refractivity contribution in [2.24, 2.45) is 0 Å². The van der Waals surface area contributed by atoms with Gasteiger partial charge < -0.3 is 11.1 Å². The van der Waals surface area contributed by atoms with E-state index in [0.717, 1.165) is 6.07 Å². The molecule has 0 spiro atoms. The second-order valence-electron chi connectivity index (χ2n) is 3.96. The van der Waals surface area contributed by atoms with Gasteiger partial charge in [0, 0.05) is 0 Å². The molecule has 2 aromatic rings. The normalized spacial score (nSPS) is 10.3. The van der Waals surface area contributed by atoms with Gasteiger partial charge in [-0.15, -0.1) is 0 Å². The molecule has 19 heavy (non-hydrogen) atoms. The van der Waals surface area contributed by atoms with Crippen molar-refractivity contribution in [3.63, 3.8) is 0 Å². The zero-order valence-corrected chi connectivity index (χ0v) is 10.1. The Balaban J connectivity index is 2.32. The Labute approximate surface area is 108 Å². The second-order valence-corrected chi connectivity index (χ2v) is 3.96. The number of anilines is 2. The van der Waals surface area contributed by atoms with E-state index in [2.05, 4.69) is 10.3 Å². The van der Waals surface area contributed by atoms with Crippen LogP contribution in [-0.2, 0) is 0 Å². The molecule has 0 saturated carbocycles. The van der Waals surface area contributed by atoms with Gasteiger partial charge in [0.1, 0.15) is 23.0 Å². The highest BCUT2D eigenvalue weighted by molar-refractivity contribution is 6.03. The first-order chi connectivity index (χ1) is 8.99. The molecule has 2 rings (SSSR count). The summed E-state index contributed by atoms with van der Waals surface area (Å²) < 4.78 is 27.2. The van der Waals surface area contributed by atoms with E-state index in [1.165, 1.54) is 31.2 Å². The minimum absolute atomic E-state index is 0.0136. The fourth-order valence-electron chi connectivity index (χ4n) is 1.53. The number of nitrogens with two attached hydrogens (primary N) is 1. The van der Waals surface area contributed by atoms with E-state index in [4.69, 9.17) is 5.73 Å². The van der Waals surface area contributed by atoms with Crippen molar-refractivity contribution in [1.82, 2.24) is 4.98 Å². The van der Waals surface area contributed by atoms with E-state index in [1.54, 1.807) is 0 Å². The number of amides is 1. The third kappa shape index (κ3) is 2.67. The van der Waals surface area contributed by atoms with Gasteiger partial charge in [-0.3, -0.25) is 4.79 Å². The number of nitrogen functional groups attached to an aromatic ring is 1. The van der Waals surface area contributed by atoms with Crippen LogP contribution in [0.2, 0.25) is 0 Å². The molecule has 98 valence electrons. The molecule has 0 unspecified atom stereocenters. The largest absolute Gasteiger partial charge is 0.384 e. The van der Waals surface area contributed by atoms with Crippen molar-refractivity contribution in [2.45, 2.75) is 6.92 Å². The number of carbonyl (C=O) groups excluding carboxylic acids is 1. The van der Waals surface area contributed by atoms with Gasteiger partial charge in [0.15, 0.2) is 5.82 Å². The Morgan fingerprint density at radius 2 is 2.00 bits per heavy atom. The number of carbonyl (C=O) groups is 1. The summed E-state index contributed by atoms with van der Waals surface area (Å²) >= 11 is 0. The highest BCUT2D eigenvalue weighted by Gasteiger charge is 2.16. The lowest BCUT2D eigenvalue weighted by atomic mass is 10.2. The maximum atomic E-state index is 13.7. The minimum Gasteiger partial charge on any atom is -0.384 e. The maximum absolute atomic E-state index is 13.7. The zero-order valence-electron chi connectivity index (χ0n) is 10.1. The number of hydrogen-bond donors (Lipinski definition) is 2. The van der Waals surface area contributed by atoms with Crippen molar-refractivity contribution in [3.05, 3.63) is 53.2 Å². The predicted octanol–water partition coefficient (Wildman–Crippen LogP) is 2.50. The number of rotatable bonds is 2. The van der Waals surface area contributed by atoms with Gasteiger partial charge in [0.25, 0.3) is 5.91 Å². The van der Waals surface area contributed by atoms with Gasteiger partial charge in [0.05, 0.1) is 0 Å². The number of halogens is 2. The van der Waals surface area contributed by atoms with Crippen molar-refractivity contribution in [1.29, 1.82) is 0 Å². The third-order valence-electron chi connectivity index (χ3n) is 2.53. The van der Waals surface area contributed by atoms with E-state index in [1.807, 2.05) is 0 Å². The Hall–Kier alpha value is -2.50. The average Bonchev–Trinajstić information content (AvgIpc) is 2.39. The Morgan fingerprint density at radius 1 is 1.26 bits per heavy atom. The third-order valence-corrected chi connectivity index (χ3v) is 2.53. The van der Waals surface area contributed by atoms with Gasteiger partial charge in [-0.25, -0.2) is 13.8 Å². The number of pyridine rings is 1. The Kier molecular flexibility index (Phi) is 3.41. The maximum Gasteiger partial charge on any atom is 0.274 e. The standard InChI is InChI=1S/C13H11F2N3O/c1-7-5-6-8(14)12(11(7)15)18-13(19)9-3-2-4-10(16)17-9/h2-6H,1H3,(H2,16,17)(H,18,19). The molecule has 0 aliphatic rings. The van der Waals surface area contributed by atoms with Gasteiger partial charge in [-0.2, -0.15) is 0 Å². The van der Waals surface area contributed by atoms with Gasteiger partial charge in [0.2, 0.25) is 0 Å². The number of nitrogens with one attached hydrogen (secondary N) is 1. The molecule has 1 heterocycles. The summed E-state index contributed by atoms with van der Waals surface area (Å²) in [5.74, 6) is -2.23. The van der Waals surface area contributed by atoms with E-state index in [0.29, 0.717) is 0 Å². The zero-order chi connectivity index (χ0) is 14.0. The minimum atomic E-state index is -0.847. The summed E-state index contributed by atoms with van der Waals surface area (Å²) in [7, 11) is 0. The quantitative estimate of drug-likeness (QED) is 0.874. The molecule has 1 aromatic heterocycles. The average molecular weight is 263 g/mol. The summed E-state index contributed by atoms with van der Waals surface area (Å²) in [5, 5.41) is 2.16. The van der Waals surface area contributed by atoms with Gasteiger partial charge in [-0.1, -0.05) is 12.1 Å². The van der Waals surface area contributed by atoms with Crippen LogP contribution in [0, 0.1) is 18.6 Å². The summed E-state index contributed by atoms with van der Waals surface area (Å²) in [4.78, 5) is 15.6. The molecule has 3 N–H and O–H groups in total. The van der Waals surface area contributed by atoms with Crippen molar-refractivity contribution in [3.8, 4) is 0 Å². The first-order valence-corrected chi connectivity index (χ1v) is 5.47. The van der Waals surface area contributed by atoms with Crippen LogP contribution in [0.1, 0.15) is 16.1 Å². The van der Waals surface area contributed by atoms with Crippen LogP contribution in [0.25, 0.3) is 0 Å². The first kappa shape index (κ1) is 12.9. The van der Waals surface area contributed by atoms with E-state index in [-0.39, 0.29) is 17.1 Å². The van der Waals surface area contributed by atoms with Crippen molar-refractivity contribution in [2.75, 3.05) is 11.1 Å². The van der Waals surface area contributed by atoms with Crippen LogP contribution in [0.5, 0.6) is 0 Å². The number of hydrogen-bond acceptors (Lipinski definition) is 3. The second kappa shape index (κ2) is 5.01. The molecular formula is C13H11F2N3O. The lowest BCUT2D eigenvalue weighted by Crippen LogP contribution is -2.16. The highest BCUT2D eigenvalue weighted by Crippen LogP contribution is 2.22. The molecule has 0 saturated heterocycles. The Morgan fingerprint density at radius 3 is 2.68 bits per heavy atom. The molecular weight excluding hydrogens is 252 g/mol. The molecule has 4 nitrogen and oxygen atoms in total. The molecule has 0 radical (unpaired) electrons. The smallest absolute Gasteiger partial charge is 0.274 e. The van der Waals surface area contributed by atoms with E-state index < -0.39 is 23.2 Å². The molecule has 0 aliphatic heterocycles. The molecule has 6 heteroatoms. The number of aryl methyl sites for hydroxylation is 1. The Bertz CT molecular complexity index is 644. The van der Waals surface area contributed by atoms with Crippen LogP contribution in [-0.4, -0.2) is 10.9 Å². The number of benzene rings is 1. The van der Waals surface area contributed by atoms with E-state index >= 15 is 0 Å². The summed E-state index contributed by atoms with van der Waals surface area (Å²) in [5.41, 5.74) is 5.16. The molecule has 1 amide bonds. The molecule has 0 fully saturated rings. The lowest BCUT2D eigenvalue weighted by molar-refractivity contribution is 0.102. The summed E-state index contributed by atoms with van der Waals surface area (Å²) in [6, 6.07) is 6.81. The molecule has 0 atom stereocenters. The molecule has 0 aliphatic carbocycles. The predicted molar refractivity (Wildman–Crippen MR) is 67.7 cm³/mol. The van der Waals surface area contributed by atoms with Crippen molar-refractivity contribution < 1.29 is 13.6 Å². The summed E-state index contributed by atoms with van der Waals surface area (Å²) in [6.07, 6.45) is 0. The van der Waals surface area contributed by atoms with Crippen molar-refractivity contribution >= 4 is 17.4 Å². The molecule has 0 bridgehead atoms. The van der Waals surface area contributed by atoms with Crippen LogP contribution in [0.3, 0.4) is 0 Å². The number of aromatic nitrogens is 1. The topological polar surface area (TPSA) is 68.0 Å². The van der Waals surface area contributed by atoms with Gasteiger partial charge >= 0.3 is 0 Å². The van der Waals surface area contributed by atoms with Crippen LogP contribution in [0.15, 0.2) is 30.3 Å². The fraction of sp³-hybridized carbons (Fsp3) is 0.0769. The van der Waals surface area contributed by atoms with Crippen LogP contribution in [0.4, 0.5) is 20.3 Å². The fourth-order valence-corrected chi connectivity index (χ4v) is 1.53. The summed E-state index contributed by atoms with van der Waals surface area (Å²) in [6.45, 7) is 1.48. The SMILES string of the molecule is Cc1ccc(F)c(NC(=O)c2cccc(N)n2)c1F. The monoisotopic (exact) mass is 263 g/mol. The highest BCUT2D eigenvalue weighted by atomic mass is 19.1. The number of nitrogens with zero attached hydrogens (tertiary/aromatic N) is 1. The van der Waals surface area contributed by atoms with Crippen LogP contribution >= 0.6 is 0 Å². The first-order valence-electron chi connectivity index (χ1n) is 5.47. The molecule has 1 aromatic carbocycles. The van der Waals surface area contributed by atoms with Gasteiger partial charge in [-0.05, 0) is 30.7 Å². The lowest BCUT2D eigenvalue weighted by Gasteiger charge is -2.09. The van der Waals surface area contributed by atoms with E-state index in [9.17, 15) is 13.6 Å².